The van der Waals surface area contributed by atoms with E-state index >= 15 is 0 Å². The fourth-order valence-corrected chi connectivity index (χ4v) is 4.60. The van der Waals surface area contributed by atoms with Crippen LogP contribution in [0, 0.1) is 18.3 Å². The number of hydrogen-bond donors (Lipinski definition) is 1. The van der Waals surface area contributed by atoms with Gasteiger partial charge in [0.25, 0.3) is 5.91 Å². The van der Waals surface area contributed by atoms with Crippen molar-refractivity contribution >= 4 is 11.8 Å². The molecule has 0 radical (unpaired) electrons. The summed E-state index contributed by atoms with van der Waals surface area (Å²) in [6.45, 7) is 4.76. The average molecular weight is 412 g/mol. The SMILES string of the molecule is Cc1cc(C(=O)N2CC(C(=O)NCCc3ccncc3)C3(CCOCC3)C2)nn1C. The van der Waals surface area contributed by atoms with E-state index in [-0.39, 0.29) is 23.1 Å². The second-order valence-corrected chi connectivity index (χ2v) is 8.40. The molecular formula is C22H29N5O3. The third-order valence-electron chi connectivity index (χ3n) is 6.54. The van der Waals surface area contributed by atoms with Gasteiger partial charge in [0, 0.05) is 63.4 Å². The number of aryl methyl sites for hydroxylation is 2. The van der Waals surface area contributed by atoms with Crippen LogP contribution in [0.3, 0.4) is 0 Å². The quantitative estimate of drug-likeness (QED) is 0.802. The van der Waals surface area contributed by atoms with Crippen LogP contribution >= 0.6 is 0 Å². The van der Waals surface area contributed by atoms with Crippen LogP contribution in [0.25, 0.3) is 0 Å². The van der Waals surface area contributed by atoms with Crippen molar-refractivity contribution in [2.75, 3.05) is 32.8 Å². The summed E-state index contributed by atoms with van der Waals surface area (Å²) in [5.41, 5.74) is 2.29. The monoisotopic (exact) mass is 411 g/mol. The highest BCUT2D eigenvalue weighted by Crippen LogP contribution is 2.44. The van der Waals surface area contributed by atoms with Gasteiger partial charge < -0.3 is 15.0 Å². The molecule has 0 aromatic carbocycles. The number of rotatable bonds is 5. The summed E-state index contributed by atoms with van der Waals surface area (Å²) in [5, 5.41) is 7.44. The van der Waals surface area contributed by atoms with Crippen molar-refractivity contribution in [3.63, 3.8) is 0 Å². The number of nitrogens with one attached hydrogen (secondary N) is 1. The van der Waals surface area contributed by atoms with Gasteiger partial charge in [-0.05, 0) is 49.9 Å². The summed E-state index contributed by atoms with van der Waals surface area (Å²) in [4.78, 5) is 32.1. The molecule has 1 N–H and O–H groups in total. The minimum Gasteiger partial charge on any atom is -0.381 e. The van der Waals surface area contributed by atoms with E-state index in [0.717, 1.165) is 30.5 Å². The largest absolute Gasteiger partial charge is 0.381 e. The number of likely N-dealkylation sites (tertiary alicyclic amines) is 1. The molecule has 0 saturated carbocycles. The van der Waals surface area contributed by atoms with Crippen LogP contribution in [-0.2, 0) is 23.0 Å². The molecule has 2 aromatic rings. The van der Waals surface area contributed by atoms with Crippen molar-refractivity contribution in [1.82, 2.24) is 25.0 Å². The summed E-state index contributed by atoms with van der Waals surface area (Å²) in [5.74, 6) is -0.303. The maximum Gasteiger partial charge on any atom is 0.274 e. The number of hydrogen-bond acceptors (Lipinski definition) is 5. The lowest BCUT2D eigenvalue weighted by atomic mass is 9.71. The molecule has 2 fully saturated rings. The predicted molar refractivity (Wildman–Crippen MR) is 111 cm³/mol. The van der Waals surface area contributed by atoms with Crippen LogP contribution in [0.4, 0.5) is 0 Å². The van der Waals surface area contributed by atoms with Crippen molar-refractivity contribution in [1.29, 1.82) is 0 Å². The van der Waals surface area contributed by atoms with Crippen molar-refractivity contribution in [2.24, 2.45) is 18.4 Å². The number of nitrogens with zero attached hydrogens (tertiary/aromatic N) is 4. The highest BCUT2D eigenvalue weighted by molar-refractivity contribution is 5.93. The zero-order valence-electron chi connectivity index (χ0n) is 17.6. The van der Waals surface area contributed by atoms with Gasteiger partial charge in [0.05, 0.1) is 5.92 Å². The standard InChI is InChI=1S/C22H29N5O3/c1-16-13-19(25-26(16)2)21(29)27-14-18(22(15-27)6-11-30-12-7-22)20(28)24-10-5-17-3-8-23-9-4-17/h3-4,8-9,13,18H,5-7,10-12,14-15H2,1-2H3,(H,24,28). The fraction of sp³-hybridized carbons (Fsp3) is 0.545. The molecule has 1 unspecified atom stereocenters. The summed E-state index contributed by atoms with van der Waals surface area (Å²) in [6, 6.07) is 5.72. The number of ether oxygens (including phenoxy) is 1. The molecule has 2 aliphatic heterocycles. The molecule has 8 nitrogen and oxygen atoms in total. The Morgan fingerprint density at radius 2 is 2.00 bits per heavy atom. The first-order valence-electron chi connectivity index (χ1n) is 10.5. The van der Waals surface area contributed by atoms with Crippen LogP contribution in [0.1, 0.15) is 34.6 Å². The zero-order valence-corrected chi connectivity index (χ0v) is 17.6. The van der Waals surface area contributed by atoms with Gasteiger partial charge in [0.2, 0.25) is 5.91 Å². The Labute approximate surface area is 176 Å². The molecule has 2 amide bonds. The Bertz CT molecular complexity index is 885. The second-order valence-electron chi connectivity index (χ2n) is 8.40. The highest BCUT2D eigenvalue weighted by Gasteiger charge is 2.51. The molecule has 0 bridgehead atoms. The summed E-state index contributed by atoms with van der Waals surface area (Å²) >= 11 is 0. The van der Waals surface area contributed by atoms with Gasteiger partial charge in [-0.2, -0.15) is 5.10 Å². The van der Waals surface area contributed by atoms with E-state index in [4.69, 9.17) is 4.74 Å². The van der Waals surface area contributed by atoms with Gasteiger partial charge in [0.15, 0.2) is 5.69 Å². The molecule has 1 atom stereocenters. The van der Waals surface area contributed by atoms with Gasteiger partial charge in [-0.1, -0.05) is 0 Å². The van der Waals surface area contributed by atoms with Crippen LogP contribution in [0.5, 0.6) is 0 Å². The van der Waals surface area contributed by atoms with Crippen LogP contribution < -0.4 is 5.32 Å². The smallest absolute Gasteiger partial charge is 0.274 e. The normalized spacial score (nSPS) is 20.5. The summed E-state index contributed by atoms with van der Waals surface area (Å²) in [7, 11) is 1.83. The zero-order chi connectivity index (χ0) is 21.1. The summed E-state index contributed by atoms with van der Waals surface area (Å²) in [6.07, 6.45) is 5.86. The molecule has 2 aromatic heterocycles. The van der Waals surface area contributed by atoms with Crippen LogP contribution in [0.2, 0.25) is 0 Å². The van der Waals surface area contributed by atoms with E-state index in [1.165, 1.54) is 0 Å². The topological polar surface area (TPSA) is 89.3 Å². The van der Waals surface area contributed by atoms with E-state index in [9.17, 15) is 9.59 Å². The Hall–Kier alpha value is -2.74. The van der Waals surface area contributed by atoms with Crippen molar-refractivity contribution in [2.45, 2.75) is 26.2 Å². The Kier molecular flexibility index (Phi) is 5.85. The van der Waals surface area contributed by atoms with Crippen LogP contribution in [0.15, 0.2) is 30.6 Å². The molecule has 4 heterocycles. The fourth-order valence-electron chi connectivity index (χ4n) is 4.60. The average Bonchev–Trinajstić information content (AvgIpc) is 3.29. The minimum absolute atomic E-state index is 0.0263. The predicted octanol–water partition coefficient (Wildman–Crippen LogP) is 1.35. The lowest BCUT2D eigenvalue weighted by Crippen LogP contribution is -2.44. The molecule has 30 heavy (non-hydrogen) atoms. The van der Waals surface area contributed by atoms with Crippen LogP contribution in [-0.4, -0.2) is 64.3 Å². The van der Waals surface area contributed by atoms with E-state index < -0.39 is 0 Å². The molecule has 160 valence electrons. The number of pyridine rings is 1. The Morgan fingerprint density at radius 1 is 1.27 bits per heavy atom. The Balaban J connectivity index is 1.45. The number of carbonyl (C=O) groups is 2. The highest BCUT2D eigenvalue weighted by atomic mass is 16.5. The van der Waals surface area contributed by atoms with Gasteiger partial charge in [-0.3, -0.25) is 19.3 Å². The van der Waals surface area contributed by atoms with Crippen molar-refractivity contribution in [3.8, 4) is 0 Å². The molecule has 1 spiro atoms. The lowest BCUT2D eigenvalue weighted by Gasteiger charge is -2.37. The Morgan fingerprint density at radius 3 is 2.67 bits per heavy atom. The third-order valence-corrected chi connectivity index (χ3v) is 6.54. The maximum absolute atomic E-state index is 13.1. The van der Waals surface area contributed by atoms with Gasteiger partial charge in [-0.15, -0.1) is 0 Å². The third kappa shape index (κ3) is 4.09. The van der Waals surface area contributed by atoms with E-state index in [1.54, 1.807) is 28.0 Å². The first-order chi connectivity index (χ1) is 14.5. The van der Waals surface area contributed by atoms with E-state index in [2.05, 4.69) is 15.4 Å². The first-order valence-corrected chi connectivity index (χ1v) is 10.5. The van der Waals surface area contributed by atoms with Crippen molar-refractivity contribution in [3.05, 3.63) is 47.5 Å². The minimum atomic E-state index is -0.229. The number of aromatic nitrogens is 3. The first kappa shape index (κ1) is 20.5. The van der Waals surface area contributed by atoms with Gasteiger partial charge in [-0.25, -0.2) is 0 Å². The number of carbonyl (C=O) groups excluding carboxylic acids is 2. The second kappa shape index (κ2) is 8.55. The van der Waals surface area contributed by atoms with Gasteiger partial charge in [0.1, 0.15) is 0 Å². The molecule has 2 aliphatic rings. The molecule has 8 heteroatoms. The molecule has 2 saturated heterocycles. The van der Waals surface area contributed by atoms with E-state index in [1.807, 2.05) is 26.1 Å². The number of amides is 2. The summed E-state index contributed by atoms with van der Waals surface area (Å²) < 4.78 is 7.27. The lowest BCUT2D eigenvalue weighted by molar-refractivity contribution is -0.129. The molecule has 0 aliphatic carbocycles. The molecular weight excluding hydrogens is 382 g/mol. The van der Waals surface area contributed by atoms with Crippen molar-refractivity contribution < 1.29 is 14.3 Å². The maximum atomic E-state index is 13.1. The van der Waals surface area contributed by atoms with E-state index in [0.29, 0.717) is 38.5 Å². The van der Waals surface area contributed by atoms with Gasteiger partial charge >= 0.3 is 0 Å². The molecule has 4 rings (SSSR count).